The number of amides is 1. The van der Waals surface area contributed by atoms with Crippen LogP contribution in [0.2, 0.25) is 0 Å². The number of hydrogen-bond donors (Lipinski definition) is 1. The predicted molar refractivity (Wildman–Crippen MR) is 76.2 cm³/mol. The Morgan fingerprint density at radius 2 is 2.06 bits per heavy atom. The van der Waals surface area contributed by atoms with Crippen molar-refractivity contribution in [1.29, 1.82) is 0 Å². The lowest BCUT2D eigenvalue weighted by atomic mass is 9.93. The molecule has 0 aromatic heterocycles. The van der Waals surface area contributed by atoms with Crippen LogP contribution in [0.1, 0.15) is 32.6 Å². The van der Waals surface area contributed by atoms with Gasteiger partial charge in [0.15, 0.2) is 0 Å². The standard InChI is InChI=1S/C13H26N2O2.ClH/c1-3-17-11-7-13(16)15-9-5-12(6-10-15)4-8-14-2;/h12,14H,3-11H2,1-2H3;1H. The molecule has 0 radical (unpaired) electrons. The van der Waals surface area contributed by atoms with E-state index in [0.29, 0.717) is 19.6 Å². The second-order valence-electron chi connectivity index (χ2n) is 4.66. The van der Waals surface area contributed by atoms with Crippen LogP contribution in [0.3, 0.4) is 0 Å². The molecule has 5 heteroatoms. The number of halogens is 1. The van der Waals surface area contributed by atoms with Crippen LogP contribution < -0.4 is 5.32 Å². The summed E-state index contributed by atoms with van der Waals surface area (Å²) in [5.41, 5.74) is 0. The van der Waals surface area contributed by atoms with Crippen molar-refractivity contribution in [3.05, 3.63) is 0 Å². The van der Waals surface area contributed by atoms with Crippen LogP contribution in [-0.2, 0) is 9.53 Å². The number of carbonyl (C=O) groups excluding carboxylic acids is 1. The van der Waals surface area contributed by atoms with Crippen LogP contribution in [0.25, 0.3) is 0 Å². The minimum absolute atomic E-state index is 0. The highest BCUT2D eigenvalue weighted by molar-refractivity contribution is 5.85. The first kappa shape index (κ1) is 17.7. The Morgan fingerprint density at radius 3 is 2.61 bits per heavy atom. The van der Waals surface area contributed by atoms with Gasteiger partial charge in [-0.05, 0) is 45.7 Å². The summed E-state index contributed by atoms with van der Waals surface area (Å²) in [6, 6.07) is 0. The summed E-state index contributed by atoms with van der Waals surface area (Å²) in [5, 5.41) is 3.19. The van der Waals surface area contributed by atoms with E-state index in [1.54, 1.807) is 0 Å². The van der Waals surface area contributed by atoms with Crippen molar-refractivity contribution in [3.8, 4) is 0 Å². The average Bonchev–Trinajstić information content (AvgIpc) is 2.37. The molecule has 4 nitrogen and oxygen atoms in total. The second kappa shape index (κ2) is 10.6. The van der Waals surface area contributed by atoms with Crippen LogP contribution in [0, 0.1) is 5.92 Å². The van der Waals surface area contributed by atoms with Gasteiger partial charge in [0.05, 0.1) is 13.0 Å². The molecule has 0 saturated carbocycles. The molecule has 1 aliphatic heterocycles. The molecule has 0 aliphatic carbocycles. The molecule has 0 atom stereocenters. The summed E-state index contributed by atoms with van der Waals surface area (Å²) >= 11 is 0. The highest BCUT2D eigenvalue weighted by Crippen LogP contribution is 2.20. The zero-order valence-electron chi connectivity index (χ0n) is 11.6. The molecular formula is C13H27ClN2O2. The largest absolute Gasteiger partial charge is 0.381 e. The molecule has 1 heterocycles. The van der Waals surface area contributed by atoms with Gasteiger partial charge in [0.2, 0.25) is 5.91 Å². The van der Waals surface area contributed by atoms with Crippen LogP contribution in [0.5, 0.6) is 0 Å². The zero-order chi connectivity index (χ0) is 12.5. The molecule has 1 saturated heterocycles. The molecular weight excluding hydrogens is 252 g/mol. The number of likely N-dealkylation sites (tertiary alicyclic amines) is 1. The third kappa shape index (κ3) is 6.57. The molecule has 1 fully saturated rings. The first-order chi connectivity index (χ1) is 8.27. The first-order valence-corrected chi connectivity index (χ1v) is 6.78. The Hall–Kier alpha value is -0.320. The van der Waals surface area contributed by atoms with Gasteiger partial charge >= 0.3 is 0 Å². The van der Waals surface area contributed by atoms with Crippen molar-refractivity contribution < 1.29 is 9.53 Å². The van der Waals surface area contributed by atoms with Crippen molar-refractivity contribution in [1.82, 2.24) is 10.2 Å². The summed E-state index contributed by atoms with van der Waals surface area (Å²) in [7, 11) is 1.99. The van der Waals surface area contributed by atoms with Gasteiger partial charge in [-0.25, -0.2) is 0 Å². The lowest BCUT2D eigenvalue weighted by molar-refractivity contribution is -0.133. The molecule has 0 bridgehead atoms. The van der Waals surface area contributed by atoms with E-state index in [2.05, 4.69) is 5.32 Å². The molecule has 1 aliphatic rings. The molecule has 0 unspecified atom stereocenters. The van der Waals surface area contributed by atoms with Gasteiger partial charge in [-0.2, -0.15) is 0 Å². The number of nitrogens with one attached hydrogen (secondary N) is 1. The van der Waals surface area contributed by atoms with Gasteiger partial charge in [-0.3, -0.25) is 4.79 Å². The Balaban J connectivity index is 0.00000289. The molecule has 0 spiro atoms. The quantitative estimate of drug-likeness (QED) is 0.721. The van der Waals surface area contributed by atoms with Crippen LogP contribution in [0.15, 0.2) is 0 Å². The van der Waals surface area contributed by atoms with Crippen LogP contribution >= 0.6 is 12.4 Å². The average molecular weight is 279 g/mol. The fraction of sp³-hybridized carbons (Fsp3) is 0.923. The number of nitrogens with zero attached hydrogens (tertiary/aromatic N) is 1. The maximum Gasteiger partial charge on any atom is 0.224 e. The van der Waals surface area contributed by atoms with Gasteiger partial charge in [0, 0.05) is 19.7 Å². The highest BCUT2D eigenvalue weighted by Gasteiger charge is 2.21. The summed E-state index contributed by atoms with van der Waals surface area (Å²) in [4.78, 5) is 13.8. The van der Waals surface area contributed by atoms with Crippen molar-refractivity contribution >= 4 is 18.3 Å². The minimum atomic E-state index is 0. The number of rotatable bonds is 7. The Kier molecular flexibility index (Phi) is 10.4. The van der Waals surface area contributed by atoms with E-state index in [1.165, 1.54) is 6.42 Å². The number of carbonyl (C=O) groups is 1. The fourth-order valence-electron chi connectivity index (χ4n) is 2.28. The molecule has 1 amide bonds. The molecule has 1 N–H and O–H groups in total. The molecule has 0 aromatic carbocycles. The van der Waals surface area contributed by atoms with Crippen LogP contribution in [-0.4, -0.2) is 50.7 Å². The fourth-order valence-corrected chi connectivity index (χ4v) is 2.28. The Bertz CT molecular complexity index is 219. The van der Waals surface area contributed by atoms with Gasteiger partial charge in [0.25, 0.3) is 0 Å². The van der Waals surface area contributed by atoms with Crippen molar-refractivity contribution in [2.75, 3.05) is 39.9 Å². The number of piperidine rings is 1. The lowest BCUT2D eigenvalue weighted by Crippen LogP contribution is -2.39. The summed E-state index contributed by atoms with van der Waals surface area (Å²) < 4.78 is 5.21. The van der Waals surface area contributed by atoms with Gasteiger partial charge in [-0.15, -0.1) is 12.4 Å². The lowest BCUT2D eigenvalue weighted by Gasteiger charge is -2.32. The minimum Gasteiger partial charge on any atom is -0.381 e. The van der Waals surface area contributed by atoms with E-state index in [-0.39, 0.29) is 18.3 Å². The van der Waals surface area contributed by atoms with Crippen molar-refractivity contribution in [2.24, 2.45) is 5.92 Å². The first-order valence-electron chi connectivity index (χ1n) is 6.78. The third-order valence-corrected chi connectivity index (χ3v) is 3.43. The smallest absolute Gasteiger partial charge is 0.224 e. The molecule has 108 valence electrons. The third-order valence-electron chi connectivity index (χ3n) is 3.43. The highest BCUT2D eigenvalue weighted by atomic mass is 35.5. The maximum atomic E-state index is 11.8. The van der Waals surface area contributed by atoms with Gasteiger partial charge in [-0.1, -0.05) is 0 Å². The monoisotopic (exact) mass is 278 g/mol. The van der Waals surface area contributed by atoms with Crippen molar-refractivity contribution in [3.63, 3.8) is 0 Å². The molecule has 0 aromatic rings. The van der Waals surface area contributed by atoms with E-state index in [4.69, 9.17) is 4.74 Å². The second-order valence-corrected chi connectivity index (χ2v) is 4.66. The van der Waals surface area contributed by atoms with Crippen LogP contribution in [0.4, 0.5) is 0 Å². The van der Waals surface area contributed by atoms with Gasteiger partial charge < -0.3 is 15.0 Å². The zero-order valence-corrected chi connectivity index (χ0v) is 12.4. The predicted octanol–water partition coefficient (Wildman–Crippen LogP) is 1.68. The number of ether oxygens (including phenoxy) is 1. The summed E-state index contributed by atoms with van der Waals surface area (Å²) in [6.07, 6.45) is 4.08. The normalized spacial score (nSPS) is 16.4. The maximum absolute atomic E-state index is 11.8. The van der Waals surface area contributed by atoms with E-state index in [9.17, 15) is 4.79 Å². The Morgan fingerprint density at radius 1 is 1.39 bits per heavy atom. The summed E-state index contributed by atoms with van der Waals surface area (Å²) in [5.74, 6) is 1.05. The summed E-state index contributed by atoms with van der Waals surface area (Å²) in [6.45, 7) is 6.16. The molecule has 1 rings (SSSR count). The van der Waals surface area contributed by atoms with Crippen molar-refractivity contribution in [2.45, 2.75) is 32.6 Å². The topological polar surface area (TPSA) is 41.6 Å². The van der Waals surface area contributed by atoms with E-state index >= 15 is 0 Å². The van der Waals surface area contributed by atoms with E-state index < -0.39 is 0 Å². The van der Waals surface area contributed by atoms with Gasteiger partial charge in [0.1, 0.15) is 0 Å². The Labute approximate surface area is 117 Å². The van der Waals surface area contributed by atoms with E-state index in [0.717, 1.165) is 38.4 Å². The SMILES string of the molecule is CCOCCC(=O)N1CCC(CCNC)CC1.Cl. The van der Waals surface area contributed by atoms with E-state index in [1.807, 2.05) is 18.9 Å². The molecule has 18 heavy (non-hydrogen) atoms. The number of hydrogen-bond acceptors (Lipinski definition) is 3.